The van der Waals surface area contributed by atoms with E-state index in [-0.39, 0.29) is 21.9 Å². The molecular formula is C44H53N11O7S2. The van der Waals surface area contributed by atoms with E-state index >= 15 is 0 Å². The minimum Gasteiger partial charge on any atom is -0.481 e. The summed E-state index contributed by atoms with van der Waals surface area (Å²) in [4.78, 5) is 33.0. The largest absolute Gasteiger partial charge is 0.481 e. The fourth-order valence-corrected chi connectivity index (χ4v) is 11.2. The topological polar surface area (TPSA) is 224 Å². The highest BCUT2D eigenvalue weighted by molar-refractivity contribution is 7.90. The number of aromatic nitrogens is 5. The number of benzene rings is 2. The lowest BCUT2D eigenvalue weighted by atomic mass is 9.97. The number of ether oxygens (including phenoxy) is 1. The van der Waals surface area contributed by atoms with Gasteiger partial charge >= 0.3 is 12.1 Å². The summed E-state index contributed by atoms with van der Waals surface area (Å²) in [6, 6.07) is 9.69. The van der Waals surface area contributed by atoms with Crippen molar-refractivity contribution < 1.29 is 31.2 Å². The van der Waals surface area contributed by atoms with Gasteiger partial charge in [0.1, 0.15) is 4.90 Å². The molecule has 0 saturated heterocycles. The molecule has 1 fully saturated rings. The Balaban J connectivity index is 0.845. The van der Waals surface area contributed by atoms with Crippen LogP contribution in [-0.2, 0) is 71.7 Å². The molecule has 1 atom stereocenters. The Morgan fingerprint density at radius 3 is 2.28 bits per heavy atom. The number of urea groups is 2. The van der Waals surface area contributed by atoms with Gasteiger partial charge in [0, 0.05) is 55.4 Å². The van der Waals surface area contributed by atoms with E-state index < -0.39 is 32.1 Å². The van der Waals surface area contributed by atoms with Crippen LogP contribution in [0.1, 0.15) is 70.8 Å². The fourth-order valence-electron chi connectivity index (χ4n) is 9.49. The van der Waals surface area contributed by atoms with E-state index in [1.54, 1.807) is 34.7 Å². The van der Waals surface area contributed by atoms with Gasteiger partial charge in [-0.2, -0.15) is 18.6 Å². The molecule has 0 bridgehead atoms. The van der Waals surface area contributed by atoms with Crippen LogP contribution in [0.3, 0.4) is 0 Å². The molecule has 4 amide bonds. The first-order chi connectivity index (χ1) is 30.8. The van der Waals surface area contributed by atoms with Gasteiger partial charge in [-0.3, -0.25) is 9.36 Å². The first-order valence-corrected chi connectivity index (χ1v) is 24.7. The van der Waals surface area contributed by atoms with Crippen molar-refractivity contribution in [2.45, 2.75) is 93.3 Å². The highest BCUT2D eigenvalue weighted by atomic mass is 32.2. The number of carbonyl (C=O) groups is 2. The number of nitrogens with zero attached hydrogens (tertiary/aromatic N) is 6. The molecule has 4 aliphatic rings. The second-order valence-electron chi connectivity index (χ2n) is 17.2. The highest BCUT2D eigenvalue weighted by Gasteiger charge is 2.33. The lowest BCUT2D eigenvalue weighted by molar-refractivity contribution is 0.255. The molecule has 3 heterocycles. The molecule has 18 nitrogen and oxygen atoms in total. The second-order valence-corrected chi connectivity index (χ2v) is 20.5. The maximum atomic E-state index is 13.7. The number of rotatable bonds is 16. The van der Waals surface area contributed by atoms with E-state index in [4.69, 9.17) is 4.74 Å². The van der Waals surface area contributed by atoms with Gasteiger partial charge in [0.05, 0.1) is 37.3 Å². The zero-order valence-corrected chi connectivity index (χ0v) is 37.7. The van der Waals surface area contributed by atoms with E-state index in [2.05, 4.69) is 51.5 Å². The average molecular weight is 912 g/mol. The van der Waals surface area contributed by atoms with Gasteiger partial charge in [-0.05, 0) is 129 Å². The van der Waals surface area contributed by atoms with Crippen LogP contribution in [0.15, 0.2) is 64.9 Å². The third-order valence-corrected chi connectivity index (χ3v) is 15.1. The van der Waals surface area contributed by atoms with Crippen molar-refractivity contribution in [3.63, 3.8) is 0 Å². The second kappa shape index (κ2) is 17.6. The van der Waals surface area contributed by atoms with E-state index in [1.807, 2.05) is 19.2 Å². The number of nitrogens with one attached hydrogen (secondary N) is 5. The summed E-state index contributed by atoms with van der Waals surface area (Å²) in [6.07, 6.45) is 13.1. The van der Waals surface area contributed by atoms with Gasteiger partial charge in [-0.25, -0.2) is 32.4 Å². The standard InChI is InChI=1S/C44H53N11O7S2/c1-45-23-33-22-40(50-55(33)32-11-12-32)64(60,61)52-44(57)49-42-37(31-14-15-46-39(21-31)62-3)13-10-30-18-27(19-38(30)42)25-53(2)16-17-54-26-34(24-47-54)63(58,59)51-43(56)48-41-35-8-4-6-28(35)20-29-7-5-9-36(29)41/h10,13-15,20-22,24,26-27,32,45H,4-9,11-12,16-19,23,25H2,1-3H3,(H2,48,51,56)(H2,49,52,57). The quantitative estimate of drug-likeness (QED) is 0.0920. The number of anilines is 2. The van der Waals surface area contributed by atoms with Crippen LogP contribution in [0.2, 0.25) is 0 Å². The van der Waals surface area contributed by atoms with Crippen LogP contribution in [-0.4, -0.2) is 92.6 Å². The van der Waals surface area contributed by atoms with Gasteiger partial charge in [0.25, 0.3) is 20.0 Å². The minimum absolute atomic E-state index is 0.106. The average Bonchev–Trinajstić information content (AvgIpc) is 3.82. The number of hydrogen-bond acceptors (Lipinski definition) is 12. The summed E-state index contributed by atoms with van der Waals surface area (Å²) in [5.41, 5.74) is 10.0. The lowest BCUT2D eigenvalue weighted by Gasteiger charge is -2.21. The Hall–Kier alpha value is -5.83. The summed E-state index contributed by atoms with van der Waals surface area (Å²) in [5.74, 6) is 0.533. The zero-order valence-electron chi connectivity index (χ0n) is 36.1. The van der Waals surface area contributed by atoms with Crippen molar-refractivity contribution in [3.8, 4) is 17.0 Å². The minimum atomic E-state index is -4.31. The molecule has 2 aromatic carbocycles. The molecule has 0 spiro atoms. The molecule has 5 N–H and O–H groups in total. The summed E-state index contributed by atoms with van der Waals surface area (Å²) in [6.45, 7) is 2.05. The molecule has 64 heavy (non-hydrogen) atoms. The van der Waals surface area contributed by atoms with Crippen LogP contribution in [0.5, 0.6) is 5.88 Å². The third kappa shape index (κ3) is 9.09. The van der Waals surface area contributed by atoms with Crippen molar-refractivity contribution in [2.24, 2.45) is 5.92 Å². The monoisotopic (exact) mass is 911 g/mol. The number of pyridine rings is 1. The van der Waals surface area contributed by atoms with Crippen LogP contribution >= 0.6 is 0 Å². The normalized spacial score (nSPS) is 16.7. The number of methoxy groups -OCH3 is 1. The summed E-state index contributed by atoms with van der Waals surface area (Å²) < 4.78 is 66.7. The molecule has 338 valence electrons. The fraction of sp³-hybridized carbons (Fsp3) is 0.432. The Morgan fingerprint density at radius 1 is 0.859 bits per heavy atom. The molecule has 1 unspecified atom stereocenters. The third-order valence-electron chi connectivity index (χ3n) is 12.6. The first-order valence-electron chi connectivity index (χ1n) is 21.7. The molecular weight excluding hydrogens is 859 g/mol. The predicted octanol–water partition coefficient (Wildman–Crippen LogP) is 4.55. The molecule has 3 aromatic heterocycles. The molecule has 1 saturated carbocycles. The zero-order chi connectivity index (χ0) is 44.8. The van der Waals surface area contributed by atoms with E-state index in [9.17, 15) is 26.4 Å². The van der Waals surface area contributed by atoms with Crippen molar-refractivity contribution >= 4 is 43.5 Å². The smallest absolute Gasteiger partial charge is 0.333 e. The number of aryl methyl sites for hydroxylation is 2. The first kappa shape index (κ1) is 43.4. The SMILES string of the molecule is CNCc1cc(S(=O)(=O)NC(=O)Nc2c(-c3ccnc(OC)c3)ccc3c2CC(CN(C)CCn2cc(S(=O)(=O)NC(=O)Nc4c5c(cc6c4CCC6)CCC5)cn2)C3)nn1C1CC1. The molecule has 4 aliphatic carbocycles. The lowest BCUT2D eigenvalue weighted by Crippen LogP contribution is -2.35. The van der Waals surface area contributed by atoms with Crippen molar-refractivity contribution in [2.75, 3.05) is 44.9 Å². The van der Waals surface area contributed by atoms with Gasteiger partial charge in [0.15, 0.2) is 5.03 Å². The Morgan fingerprint density at radius 2 is 1.58 bits per heavy atom. The van der Waals surface area contributed by atoms with E-state index in [0.717, 1.165) is 90.6 Å². The number of fused-ring (bicyclic) bond motifs is 3. The molecule has 20 heteroatoms. The van der Waals surface area contributed by atoms with E-state index in [0.29, 0.717) is 56.2 Å². The summed E-state index contributed by atoms with van der Waals surface area (Å²) >= 11 is 0. The Kier molecular flexibility index (Phi) is 12.0. The van der Waals surface area contributed by atoms with Crippen LogP contribution in [0, 0.1) is 5.92 Å². The van der Waals surface area contributed by atoms with Gasteiger partial charge in [-0.1, -0.05) is 18.2 Å². The predicted molar refractivity (Wildman–Crippen MR) is 239 cm³/mol. The number of sulfonamides is 2. The van der Waals surface area contributed by atoms with Crippen molar-refractivity contribution in [1.82, 2.24) is 44.2 Å². The van der Waals surface area contributed by atoms with Crippen molar-refractivity contribution in [3.05, 3.63) is 94.1 Å². The van der Waals surface area contributed by atoms with Gasteiger partial charge in [-0.15, -0.1) is 0 Å². The number of likely N-dealkylation sites (N-methyl/N-ethyl adjacent to an activating group) is 1. The molecule has 0 radical (unpaired) electrons. The van der Waals surface area contributed by atoms with Crippen LogP contribution in [0.25, 0.3) is 11.1 Å². The van der Waals surface area contributed by atoms with Crippen molar-refractivity contribution in [1.29, 1.82) is 0 Å². The summed E-state index contributed by atoms with van der Waals surface area (Å²) in [5, 5.41) is 17.3. The molecule has 0 aliphatic heterocycles. The Bertz CT molecular complexity index is 2820. The highest BCUT2D eigenvalue weighted by Crippen LogP contribution is 2.41. The van der Waals surface area contributed by atoms with Crippen LogP contribution in [0.4, 0.5) is 21.0 Å². The molecule has 5 aromatic rings. The number of carbonyl (C=O) groups excluding carboxylic acids is 2. The number of amides is 4. The van der Waals surface area contributed by atoms with Gasteiger partial charge in [0.2, 0.25) is 5.88 Å². The number of hydrogen-bond donors (Lipinski definition) is 5. The maximum absolute atomic E-state index is 13.7. The van der Waals surface area contributed by atoms with Gasteiger partial charge < -0.3 is 25.6 Å². The van der Waals surface area contributed by atoms with E-state index in [1.165, 1.54) is 36.7 Å². The Labute approximate surface area is 372 Å². The maximum Gasteiger partial charge on any atom is 0.333 e. The van der Waals surface area contributed by atoms with Crippen LogP contribution < -0.4 is 30.1 Å². The molecule has 9 rings (SSSR count). The summed E-state index contributed by atoms with van der Waals surface area (Å²) in [7, 11) is -3.23.